The highest BCUT2D eigenvalue weighted by Gasteiger charge is 2.15. The number of pyridine rings is 1. The predicted molar refractivity (Wildman–Crippen MR) is 74.3 cm³/mol. The van der Waals surface area contributed by atoms with Crippen LogP contribution in [0.2, 0.25) is 0 Å². The van der Waals surface area contributed by atoms with Crippen molar-refractivity contribution in [2.75, 3.05) is 24.5 Å². The third-order valence-electron chi connectivity index (χ3n) is 2.87. The lowest BCUT2D eigenvalue weighted by atomic mass is 10.2. The molecule has 6 heteroatoms. The molecule has 0 radical (unpaired) electrons. The summed E-state index contributed by atoms with van der Waals surface area (Å²) >= 11 is 0. The molecule has 2 heterocycles. The molecule has 1 aliphatic heterocycles. The molecule has 1 amide bonds. The normalized spacial score (nSPS) is 12.1. The number of carbonyl (C=O) groups excluding carboxylic acids is 1. The average molecular weight is 271 g/mol. The zero-order valence-electron chi connectivity index (χ0n) is 10.8. The van der Waals surface area contributed by atoms with Crippen molar-refractivity contribution in [2.24, 2.45) is 0 Å². The number of fused-ring (bicyclic) bond motifs is 1. The summed E-state index contributed by atoms with van der Waals surface area (Å²) in [5, 5.41) is 5.67. The molecule has 3 rings (SSSR count). The van der Waals surface area contributed by atoms with Crippen LogP contribution in [0.3, 0.4) is 0 Å². The second-order valence-corrected chi connectivity index (χ2v) is 4.18. The van der Waals surface area contributed by atoms with Crippen LogP contribution in [0.4, 0.5) is 11.5 Å². The molecule has 2 aromatic rings. The maximum absolute atomic E-state index is 12.1. The van der Waals surface area contributed by atoms with Gasteiger partial charge >= 0.3 is 0 Å². The lowest BCUT2D eigenvalue weighted by Crippen LogP contribution is -2.14. The van der Waals surface area contributed by atoms with Crippen molar-refractivity contribution >= 4 is 17.4 Å². The minimum Gasteiger partial charge on any atom is -0.454 e. The number of rotatable bonds is 3. The van der Waals surface area contributed by atoms with Gasteiger partial charge in [0.05, 0.1) is 0 Å². The van der Waals surface area contributed by atoms with Gasteiger partial charge in [-0.05, 0) is 24.3 Å². The molecule has 0 unspecified atom stereocenters. The molecule has 1 aromatic heterocycles. The quantitative estimate of drug-likeness (QED) is 0.894. The Morgan fingerprint density at radius 3 is 2.90 bits per heavy atom. The van der Waals surface area contributed by atoms with E-state index in [1.807, 2.05) is 0 Å². The number of hydrogen-bond donors (Lipinski definition) is 2. The van der Waals surface area contributed by atoms with Gasteiger partial charge in [0, 0.05) is 18.8 Å². The van der Waals surface area contributed by atoms with Gasteiger partial charge in [0.1, 0.15) is 11.5 Å². The van der Waals surface area contributed by atoms with Gasteiger partial charge in [-0.25, -0.2) is 4.98 Å². The number of hydrogen-bond acceptors (Lipinski definition) is 5. The van der Waals surface area contributed by atoms with Gasteiger partial charge in [-0.2, -0.15) is 0 Å². The Hall–Kier alpha value is -2.76. The van der Waals surface area contributed by atoms with Gasteiger partial charge in [0.15, 0.2) is 11.5 Å². The van der Waals surface area contributed by atoms with Crippen LogP contribution in [0.1, 0.15) is 10.5 Å². The Balaban J connectivity index is 1.78. The molecule has 0 fully saturated rings. The van der Waals surface area contributed by atoms with Crippen molar-refractivity contribution in [3.8, 4) is 11.5 Å². The Bertz CT molecular complexity index is 658. The Labute approximate surface area is 115 Å². The molecule has 0 saturated carbocycles. The maximum atomic E-state index is 12.1. The summed E-state index contributed by atoms with van der Waals surface area (Å²) in [6.45, 7) is 0.207. The van der Waals surface area contributed by atoms with E-state index in [2.05, 4.69) is 15.6 Å². The zero-order chi connectivity index (χ0) is 13.9. The van der Waals surface area contributed by atoms with E-state index >= 15 is 0 Å². The molecular formula is C14H13N3O3. The standard InChI is InChI=1S/C14H13N3O3/c1-15-13-4-2-3-10(17-13)14(18)16-9-5-6-11-12(7-9)20-8-19-11/h2-7H,8H2,1H3,(H,15,17)(H,16,18). The average Bonchev–Trinajstić information content (AvgIpc) is 2.95. The molecule has 0 bridgehead atoms. The number of amides is 1. The SMILES string of the molecule is CNc1cccc(C(=O)Nc2ccc3c(c2)OCO3)n1. The first-order valence-corrected chi connectivity index (χ1v) is 6.12. The summed E-state index contributed by atoms with van der Waals surface area (Å²) < 4.78 is 10.5. The number of nitrogens with one attached hydrogen (secondary N) is 2. The largest absolute Gasteiger partial charge is 0.454 e. The van der Waals surface area contributed by atoms with Crippen molar-refractivity contribution in [3.63, 3.8) is 0 Å². The Kier molecular flexibility index (Phi) is 3.12. The van der Waals surface area contributed by atoms with Crippen LogP contribution in [-0.2, 0) is 0 Å². The fraction of sp³-hybridized carbons (Fsp3) is 0.143. The summed E-state index contributed by atoms with van der Waals surface area (Å²) in [6, 6.07) is 10.5. The van der Waals surface area contributed by atoms with Crippen LogP contribution in [0.25, 0.3) is 0 Å². The van der Waals surface area contributed by atoms with E-state index in [0.29, 0.717) is 28.7 Å². The summed E-state index contributed by atoms with van der Waals surface area (Å²) in [6.07, 6.45) is 0. The molecule has 20 heavy (non-hydrogen) atoms. The second kappa shape index (κ2) is 5.08. The first kappa shape index (κ1) is 12.3. The Morgan fingerprint density at radius 1 is 1.20 bits per heavy atom. The van der Waals surface area contributed by atoms with Gasteiger partial charge in [-0.15, -0.1) is 0 Å². The first-order valence-electron chi connectivity index (χ1n) is 6.12. The van der Waals surface area contributed by atoms with Crippen LogP contribution in [0.15, 0.2) is 36.4 Å². The molecule has 0 aliphatic carbocycles. The highest BCUT2D eigenvalue weighted by molar-refractivity contribution is 6.03. The zero-order valence-corrected chi connectivity index (χ0v) is 10.8. The van der Waals surface area contributed by atoms with E-state index in [1.54, 1.807) is 43.4 Å². The van der Waals surface area contributed by atoms with Gasteiger partial charge in [0.2, 0.25) is 6.79 Å². The van der Waals surface area contributed by atoms with Crippen molar-refractivity contribution in [1.29, 1.82) is 0 Å². The summed E-state index contributed by atoms with van der Waals surface area (Å²) in [5.41, 5.74) is 0.977. The maximum Gasteiger partial charge on any atom is 0.274 e. The lowest BCUT2D eigenvalue weighted by molar-refractivity contribution is 0.102. The van der Waals surface area contributed by atoms with Crippen LogP contribution in [-0.4, -0.2) is 24.7 Å². The monoisotopic (exact) mass is 271 g/mol. The molecular weight excluding hydrogens is 258 g/mol. The van der Waals surface area contributed by atoms with Crippen LogP contribution >= 0.6 is 0 Å². The summed E-state index contributed by atoms with van der Waals surface area (Å²) in [4.78, 5) is 16.3. The number of aromatic nitrogens is 1. The predicted octanol–water partition coefficient (Wildman–Crippen LogP) is 2.10. The number of ether oxygens (including phenoxy) is 2. The number of anilines is 2. The van der Waals surface area contributed by atoms with Crippen LogP contribution in [0.5, 0.6) is 11.5 Å². The van der Waals surface area contributed by atoms with Gasteiger partial charge in [0.25, 0.3) is 5.91 Å². The molecule has 1 aromatic carbocycles. The van der Waals surface area contributed by atoms with E-state index in [4.69, 9.17) is 9.47 Å². The fourth-order valence-electron chi connectivity index (χ4n) is 1.87. The topological polar surface area (TPSA) is 72.5 Å². The third-order valence-corrected chi connectivity index (χ3v) is 2.87. The molecule has 0 atom stereocenters. The molecule has 2 N–H and O–H groups in total. The molecule has 102 valence electrons. The van der Waals surface area contributed by atoms with Crippen molar-refractivity contribution in [2.45, 2.75) is 0 Å². The van der Waals surface area contributed by atoms with E-state index in [0.717, 1.165) is 0 Å². The molecule has 0 saturated heterocycles. The first-order chi connectivity index (χ1) is 9.76. The molecule has 1 aliphatic rings. The van der Waals surface area contributed by atoms with E-state index < -0.39 is 0 Å². The number of nitrogens with zero attached hydrogens (tertiary/aromatic N) is 1. The number of benzene rings is 1. The minimum atomic E-state index is -0.277. The van der Waals surface area contributed by atoms with E-state index in [9.17, 15) is 4.79 Å². The highest BCUT2D eigenvalue weighted by Crippen LogP contribution is 2.34. The second-order valence-electron chi connectivity index (χ2n) is 4.18. The third kappa shape index (κ3) is 2.35. The molecule has 0 spiro atoms. The molecule has 6 nitrogen and oxygen atoms in total. The lowest BCUT2D eigenvalue weighted by Gasteiger charge is -2.06. The Morgan fingerprint density at radius 2 is 2.05 bits per heavy atom. The number of carbonyl (C=O) groups is 1. The van der Waals surface area contributed by atoms with Crippen molar-refractivity contribution in [3.05, 3.63) is 42.1 Å². The van der Waals surface area contributed by atoms with Gasteiger partial charge < -0.3 is 20.1 Å². The van der Waals surface area contributed by atoms with Crippen LogP contribution in [0, 0.1) is 0 Å². The minimum absolute atomic E-state index is 0.207. The van der Waals surface area contributed by atoms with Gasteiger partial charge in [-0.3, -0.25) is 4.79 Å². The summed E-state index contributed by atoms with van der Waals surface area (Å²) in [7, 11) is 1.75. The van der Waals surface area contributed by atoms with E-state index in [1.165, 1.54) is 0 Å². The smallest absolute Gasteiger partial charge is 0.274 e. The van der Waals surface area contributed by atoms with Crippen LogP contribution < -0.4 is 20.1 Å². The van der Waals surface area contributed by atoms with E-state index in [-0.39, 0.29) is 12.7 Å². The van der Waals surface area contributed by atoms with Crippen molar-refractivity contribution < 1.29 is 14.3 Å². The highest BCUT2D eigenvalue weighted by atomic mass is 16.7. The van der Waals surface area contributed by atoms with Gasteiger partial charge in [-0.1, -0.05) is 6.07 Å². The summed E-state index contributed by atoms with van der Waals surface area (Å²) in [5.74, 6) is 1.67. The fourth-order valence-corrected chi connectivity index (χ4v) is 1.87. The van der Waals surface area contributed by atoms with Crippen molar-refractivity contribution in [1.82, 2.24) is 4.98 Å².